The van der Waals surface area contributed by atoms with Crippen LogP contribution in [-0.2, 0) is 20.9 Å². The van der Waals surface area contributed by atoms with Crippen molar-refractivity contribution in [3.05, 3.63) is 64.6 Å². The van der Waals surface area contributed by atoms with Crippen molar-refractivity contribution in [3.8, 4) is 0 Å². The summed E-state index contributed by atoms with van der Waals surface area (Å²) in [4.78, 5) is 45.5. The minimum absolute atomic E-state index is 0.0912. The van der Waals surface area contributed by atoms with Crippen LogP contribution in [0, 0.1) is 5.92 Å². The number of likely N-dealkylation sites (tertiary alicyclic amines) is 1. The SMILES string of the molecule is C[C@H](OC(=O)[C@H]1CC(=O)N(Cc2ccco2)C1)c1nc2ccccc2c(=O)[nH]1. The van der Waals surface area contributed by atoms with E-state index in [0.717, 1.165) is 0 Å². The Labute approximate surface area is 160 Å². The molecule has 1 fully saturated rings. The van der Waals surface area contributed by atoms with E-state index in [4.69, 9.17) is 9.15 Å². The summed E-state index contributed by atoms with van der Waals surface area (Å²) < 4.78 is 10.7. The highest BCUT2D eigenvalue weighted by molar-refractivity contribution is 5.86. The van der Waals surface area contributed by atoms with Gasteiger partial charge in [-0.15, -0.1) is 0 Å². The molecule has 1 N–H and O–H groups in total. The molecule has 0 spiro atoms. The summed E-state index contributed by atoms with van der Waals surface area (Å²) in [6.07, 6.45) is 0.896. The van der Waals surface area contributed by atoms with Crippen LogP contribution in [0.25, 0.3) is 10.9 Å². The number of aromatic nitrogens is 2. The third-order valence-corrected chi connectivity index (χ3v) is 4.78. The number of esters is 1. The van der Waals surface area contributed by atoms with Gasteiger partial charge in [-0.25, -0.2) is 4.98 Å². The molecule has 0 radical (unpaired) electrons. The first-order chi connectivity index (χ1) is 13.5. The summed E-state index contributed by atoms with van der Waals surface area (Å²) in [5.74, 6) is -0.235. The number of H-pyrrole nitrogens is 1. The molecule has 2 atom stereocenters. The van der Waals surface area contributed by atoms with Crippen molar-refractivity contribution in [2.75, 3.05) is 6.54 Å². The molecule has 0 bridgehead atoms. The van der Waals surface area contributed by atoms with Crippen molar-refractivity contribution >= 4 is 22.8 Å². The second-order valence-corrected chi connectivity index (χ2v) is 6.80. The number of nitrogens with zero attached hydrogens (tertiary/aromatic N) is 2. The van der Waals surface area contributed by atoms with Crippen molar-refractivity contribution in [2.45, 2.75) is 26.0 Å². The maximum absolute atomic E-state index is 12.5. The van der Waals surface area contributed by atoms with E-state index in [1.54, 1.807) is 54.5 Å². The quantitative estimate of drug-likeness (QED) is 0.679. The molecular weight excluding hydrogens is 362 g/mol. The monoisotopic (exact) mass is 381 g/mol. The molecule has 0 aliphatic carbocycles. The van der Waals surface area contributed by atoms with Crippen LogP contribution in [0.4, 0.5) is 0 Å². The molecule has 1 amide bonds. The highest BCUT2D eigenvalue weighted by Crippen LogP contribution is 2.24. The molecule has 0 unspecified atom stereocenters. The normalized spacial score (nSPS) is 17.8. The van der Waals surface area contributed by atoms with Gasteiger partial charge in [-0.1, -0.05) is 12.1 Å². The molecule has 1 aromatic carbocycles. The zero-order valence-electron chi connectivity index (χ0n) is 15.3. The van der Waals surface area contributed by atoms with Crippen molar-refractivity contribution in [2.24, 2.45) is 5.92 Å². The fourth-order valence-electron chi connectivity index (χ4n) is 3.30. The van der Waals surface area contributed by atoms with Crippen LogP contribution in [0.3, 0.4) is 0 Å². The first-order valence-electron chi connectivity index (χ1n) is 9.01. The molecule has 1 aliphatic heterocycles. The van der Waals surface area contributed by atoms with Gasteiger partial charge < -0.3 is 19.0 Å². The molecule has 4 rings (SSSR count). The number of furan rings is 1. The number of para-hydroxylation sites is 1. The molecular formula is C20H19N3O5. The molecule has 1 aliphatic rings. The molecule has 1 saturated heterocycles. The Morgan fingerprint density at radius 2 is 2.14 bits per heavy atom. The Balaban J connectivity index is 1.43. The number of carbonyl (C=O) groups excluding carboxylic acids is 2. The van der Waals surface area contributed by atoms with Gasteiger partial charge in [0.2, 0.25) is 5.91 Å². The maximum Gasteiger partial charge on any atom is 0.311 e. The predicted octanol–water partition coefficient (Wildman–Crippen LogP) is 2.17. The average molecular weight is 381 g/mol. The molecule has 3 aromatic rings. The van der Waals surface area contributed by atoms with Gasteiger partial charge in [0.15, 0.2) is 11.9 Å². The van der Waals surface area contributed by atoms with Crippen LogP contribution < -0.4 is 5.56 Å². The molecule has 28 heavy (non-hydrogen) atoms. The zero-order chi connectivity index (χ0) is 19.7. The first-order valence-corrected chi connectivity index (χ1v) is 9.01. The van der Waals surface area contributed by atoms with Crippen LogP contribution >= 0.6 is 0 Å². The molecule has 144 valence electrons. The van der Waals surface area contributed by atoms with Gasteiger partial charge in [0, 0.05) is 13.0 Å². The fourth-order valence-corrected chi connectivity index (χ4v) is 3.30. The van der Waals surface area contributed by atoms with Crippen molar-refractivity contribution in [1.29, 1.82) is 0 Å². The van der Waals surface area contributed by atoms with E-state index in [1.165, 1.54) is 0 Å². The average Bonchev–Trinajstić information content (AvgIpc) is 3.32. The molecule has 8 heteroatoms. The summed E-state index contributed by atoms with van der Waals surface area (Å²) >= 11 is 0. The second kappa shape index (κ2) is 7.30. The van der Waals surface area contributed by atoms with E-state index in [-0.39, 0.29) is 30.3 Å². The number of hydrogen-bond donors (Lipinski definition) is 1. The largest absolute Gasteiger partial charge is 0.467 e. The minimum Gasteiger partial charge on any atom is -0.467 e. The summed E-state index contributed by atoms with van der Waals surface area (Å²) in [5, 5.41) is 0.472. The van der Waals surface area contributed by atoms with Gasteiger partial charge in [-0.3, -0.25) is 14.4 Å². The predicted molar refractivity (Wildman–Crippen MR) is 99.1 cm³/mol. The first kappa shape index (κ1) is 18.0. The van der Waals surface area contributed by atoms with Gasteiger partial charge in [0.1, 0.15) is 5.76 Å². The number of carbonyl (C=O) groups is 2. The molecule has 3 heterocycles. The molecule has 8 nitrogen and oxygen atoms in total. The third kappa shape index (κ3) is 3.53. The lowest BCUT2D eigenvalue weighted by atomic mass is 10.1. The van der Waals surface area contributed by atoms with Crippen LogP contribution in [0.1, 0.15) is 31.0 Å². The van der Waals surface area contributed by atoms with E-state index < -0.39 is 18.0 Å². The minimum atomic E-state index is -0.737. The van der Waals surface area contributed by atoms with Gasteiger partial charge in [-0.05, 0) is 31.2 Å². The van der Waals surface area contributed by atoms with E-state index in [1.807, 2.05) is 0 Å². The van der Waals surface area contributed by atoms with Crippen LogP contribution in [0.2, 0.25) is 0 Å². The summed E-state index contributed by atoms with van der Waals surface area (Å²) in [5.41, 5.74) is 0.244. The van der Waals surface area contributed by atoms with Crippen LogP contribution in [-0.4, -0.2) is 33.3 Å². The van der Waals surface area contributed by atoms with Crippen molar-refractivity contribution < 1.29 is 18.7 Å². The van der Waals surface area contributed by atoms with Gasteiger partial charge in [0.25, 0.3) is 5.56 Å². The third-order valence-electron chi connectivity index (χ3n) is 4.78. The Bertz CT molecular complexity index is 1070. The number of aromatic amines is 1. The lowest BCUT2D eigenvalue weighted by Crippen LogP contribution is -2.27. The Morgan fingerprint density at radius 3 is 2.93 bits per heavy atom. The second-order valence-electron chi connectivity index (χ2n) is 6.80. The van der Waals surface area contributed by atoms with E-state index in [9.17, 15) is 14.4 Å². The van der Waals surface area contributed by atoms with E-state index in [0.29, 0.717) is 23.2 Å². The highest BCUT2D eigenvalue weighted by atomic mass is 16.5. The highest BCUT2D eigenvalue weighted by Gasteiger charge is 2.36. The van der Waals surface area contributed by atoms with E-state index in [2.05, 4.69) is 9.97 Å². The maximum atomic E-state index is 12.5. The smallest absolute Gasteiger partial charge is 0.311 e. The number of ether oxygens (including phenoxy) is 1. The molecule has 2 aromatic heterocycles. The van der Waals surface area contributed by atoms with Crippen LogP contribution in [0.5, 0.6) is 0 Å². The fraction of sp³-hybridized carbons (Fsp3) is 0.300. The number of hydrogen-bond acceptors (Lipinski definition) is 6. The Morgan fingerprint density at radius 1 is 1.32 bits per heavy atom. The van der Waals surface area contributed by atoms with Gasteiger partial charge >= 0.3 is 5.97 Å². The number of amides is 1. The Kier molecular flexibility index (Phi) is 4.68. The number of fused-ring (bicyclic) bond motifs is 1. The number of nitrogens with one attached hydrogen (secondary N) is 1. The van der Waals surface area contributed by atoms with Crippen molar-refractivity contribution in [1.82, 2.24) is 14.9 Å². The topological polar surface area (TPSA) is 106 Å². The summed E-state index contributed by atoms with van der Waals surface area (Å²) in [6.45, 7) is 2.24. The Hall–Kier alpha value is -3.42. The van der Waals surface area contributed by atoms with Crippen LogP contribution in [0.15, 0.2) is 51.9 Å². The molecule has 0 saturated carbocycles. The standard InChI is InChI=1S/C20H19N3O5/c1-12(18-21-16-7-3-2-6-15(16)19(25)22-18)28-20(26)13-9-17(24)23(10-13)11-14-5-4-8-27-14/h2-8,12-13H,9-11H2,1H3,(H,21,22,25)/t12-,13-/m0/s1. The summed E-state index contributed by atoms with van der Waals surface area (Å²) in [6, 6.07) is 10.5. The number of benzene rings is 1. The lowest BCUT2D eigenvalue weighted by molar-refractivity contribution is -0.153. The van der Waals surface area contributed by atoms with Gasteiger partial charge in [-0.2, -0.15) is 0 Å². The zero-order valence-corrected chi connectivity index (χ0v) is 15.3. The van der Waals surface area contributed by atoms with Crippen molar-refractivity contribution in [3.63, 3.8) is 0 Å². The van der Waals surface area contributed by atoms with E-state index >= 15 is 0 Å². The number of rotatable bonds is 5. The van der Waals surface area contributed by atoms with Gasteiger partial charge in [0.05, 0.1) is 29.6 Å². The summed E-state index contributed by atoms with van der Waals surface area (Å²) in [7, 11) is 0. The lowest BCUT2D eigenvalue weighted by Gasteiger charge is -2.17.